The Morgan fingerprint density at radius 3 is 2.88 bits per heavy atom. The third-order valence-electron chi connectivity index (χ3n) is 3.11. The molecule has 6 nitrogen and oxygen atoms in total. The summed E-state index contributed by atoms with van der Waals surface area (Å²) in [6.45, 7) is 1.92. The highest BCUT2D eigenvalue weighted by atomic mass is 16.5. The molecule has 0 aliphatic heterocycles. The average molecular weight is 233 g/mol. The second-order valence-electron chi connectivity index (χ2n) is 4.62. The maximum atomic E-state index is 6.03. The zero-order chi connectivity index (χ0) is 12.0. The number of aromatic nitrogens is 4. The van der Waals surface area contributed by atoms with Crippen molar-refractivity contribution in [3.63, 3.8) is 0 Å². The van der Waals surface area contributed by atoms with Crippen molar-refractivity contribution in [3.8, 4) is 11.5 Å². The molecule has 3 rings (SSSR count). The van der Waals surface area contributed by atoms with Crippen molar-refractivity contribution in [2.75, 3.05) is 0 Å². The Kier molecular flexibility index (Phi) is 2.25. The van der Waals surface area contributed by atoms with Gasteiger partial charge in [0.2, 0.25) is 0 Å². The number of hydrogen-bond donors (Lipinski definition) is 1. The lowest BCUT2D eigenvalue weighted by Gasteiger charge is -2.01. The summed E-state index contributed by atoms with van der Waals surface area (Å²) < 4.78 is 6.98. The molecule has 0 amide bonds. The lowest BCUT2D eigenvalue weighted by molar-refractivity contribution is 0.411. The zero-order valence-corrected chi connectivity index (χ0v) is 9.92. The van der Waals surface area contributed by atoms with E-state index in [2.05, 4.69) is 15.2 Å². The average Bonchev–Trinajstić information content (AvgIpc) is 2.93. The first-order valence-corrected chi connectivity index (χ1v) is 5.75. The van der Waals surface area contributed by atoms with Gasteiger partial charge < -0.3 is 10.3 Å². The van der Waals surface area contributed by atoms with Crippen molar-refractivity contribution in [1.82, 2.24) is 19.9 Å². The highest BCUT2D eigenvalue weighted by Crippen LogP contribution is 2.38. The molecule has 2 aromatic heterocycles. The number of nitrogens with zero attached hydrogens (tertiary/aromatic N) is 4. The summed E-state index contributed by atoms with van der Waals surface area (Å²) in [5.74, 6) is 1.63. The van der Waals surface area contributed by atoms with Crippen LogP contribution in [-0.4, -0.2) is 19.9 Å². The van der Waals surface area contributed by atoms with Gasteiger partial charge in [-0.2, -0.15) is 10.1 Å². The predicted molar refractivity (Wildman–Crippen MR) is 60.9 cm³/mol. The molecule has 1 unspecified atom stereocenters. The van der Waals surface area contributed by atoms with Crippen LogP contribution >= 0.6 is 0 Å². The van der Waals surface area contributed by atoms with Gasteiger partial charge >= 0.3 is 0 Å². The van der Waals surface area contributed by atoms with Crippen LogP contribution in [0.1, 0.15) is 30.4 Å². The van der Waals surface area contributed by atoms with Gasteiger partial charge in [0.15, 0.2) is 5.82 Å². The third kappa shape index (κ3) is 1.84. The molecule has 2 N–H and O–H groups in total. The molecule has 6 heteroatoms. The molecule has 1 atom stereocenters. The Morgan fingerprint density at radius 1 is 1.53 bits per heavy atom. The smallest absolute Gasteiger partial charge is 0.261 e. The van der Waals surface area contributed by atoms with Crippen molar-refractivity contribution in [2.45, 2.75) is 25.8 Å². The van der Waals surface area contributed by atoms with Crippen LogP contribution in [0.15, 0.2) is 10.7 Å². The summed E-state index contributed by atoms with van der Waals surface area (Å²) in [6.07, 6.45) is 4.20. The summed E-state index contributed by atoms with van der Waals surface area (Å²) in [7, 11) is 1.86. The molecular weight excluding hydrogens is 218 g/mol. The third-order valence-corrected chi connectivity index (χ3v) is 3.11. The van der Waals surface area contributed by atoms with E-state index in [0.717, 1.165) is 24.1 Å². The maximum Gasteiger partial charge on any atom is 0.261 e. The van der Waals surface area contributed by atoms with Crippen LogP contribution in [0.5, 0.6) is 0 Å². The molecule has 17 heavy (non-hydrogen) atoms. The summed E-state index contributed by atoms with van der Waals surface area (Å²) in [6, 6.07) is -0.0931. The normalized spacial score (nSPS) is 17.4. The first kappa shape index (κ1) is 10.5. The summed E-state index contributed by atoms with van der Waals surface area (Å²) >= 11 is 0. The second kappa shape index (κ2) is 3.66. The lowest BCUT2D eigenvalue weighted by atomic mass is 10.2. The van der Waals surface area contributed by atoms with Gasteiger partial charge in [0, 0.05) is 13.2 Å². The van der Waals surface area contributed by atoms with Crippen molar-refractivity contribution < 1.29 is 4.52 Å². The van der Waals surface area contributed by atoms with Crippen molar-refractivity contribution >= 4 is 0 Å². The van der Waals surface area contributed by atoms with Crippen LogP contribution in [0.2, 0.25) is 0 Å². The quantitative estimate of drug-likeness (QED) is 0.860. The highest BCUT2D eigenvalue weighted by molar-refractivity contribution is 5.54. The van der Waals surface area contributed by atoms with Gasteiger partial charge in [-0.15, -0.1) is 0 Å². The Hall–Kier alpha value is -1.69. The van der Waals surface area contributed by atoms with Gasteiger partial charge in [-0.05, 0) is 25.7 Å². The van der Waals surface area contributed by atoms with Gasteiger partial charge in [0.05, 0.1) is 17.3 Å². The fourth-order valence-electron chi connectivity index (χ4n) is 1.96. The van der Waals surface area contributed by atoms with Crippen LogP contribution in [-0.2, 0) is 7.05 Å². The molecule has 2 heterocycles. The summed E-state index contributed by atoms with van der Waals surface area (Å²) in [4.78, 5) is 4.36. The van der Waals surface area contributed by atoms with Gasteiger partial charge in [-0.25, -0.2) is 0 Å². The molecule has 0 bridgehead atoms. The van der Waals surface area contributed by atoms with E-state index < -0.39 is 0 Å². The van der Waals surface area contributed by atoms with Gasteiger partial charge in [-0.1, -0.05) is 5.16 Å². The maximum absolute atomic E-state index is 6.03. The number of nitrogens with two attached hydrogens (primary N) is 1. The summed E-state index contributed by atoms with van der Waals surface area (Å²) in [5, 5.41) is 8.20. The molecule has 90 valence electrons. The highest BCUT2D eigenvalue weighted by Gasteiger charge is 2.32. The van der Waals surface area contributed by atoms with E-state index in [9.17, 15) is 0 Å². The van der Waals surface area contributed by atoms with Crippen molar-refractivity contribution in [2.24, 2.45) is 18.7 Å². The largest absolute Gasteiger partial charge is 0.334 e. The van der Waals surface area contributed by atoms with E-state index in [4.69, 9.17) is 10.3 Å². The minimum Gasteiger partial charge on any atom is -0.334 e. The number of rotatable bonds is 3. The van der Waals surface area contributed by atoms with Crippen LogP contribution in [0.25, 0.3) is 11.5 Å². The Balaban J connectivity index is 1.91. The predicted octanol–water partition coefficient (Wildman–Crippen LogP) is 1.19. The van der Waals surface area contributed by atoms with Crippen LogP contribution in [0.4, 0.5) is 0 Å². The van der Waals surface area contributed by atoms with Gasteiger partial charge in [0.1, 0.15) is 0 Å². The van der Waals surface area contributed by atoms with E-state index in [-0.39, 0.29) is 6.04 Å². The van der Waals surface area contributed by atoms with E-state index in [0.29, 0.717) is 17.6 Å². The van der Waals surface area contributed by atoms with Crippen molar-refractivity contribution in [3.05, 3.63) is 17.7 Å². The molecule has 1 aliphatic rings. The van der Waals surface area contributed by atoms with Crippen molar-refractivity contribution in [1.29, 1.82) is 0 Å². The summed E-state index contributed by atoms with van der Waals surface area (Å²) in [5.41, 5.74) is 7.78. The standard InChI is InChI=1S/C11H15N5O/c1-6-8(5-16(2)14-6)11-13-10(15-17-11)9(12)7-3-4-7/h5,7,9H,3-4,12H2,1-2H3. The zero-order valence-electron chi connectivity index (χ0n) is 9.92. The van der Waals surface area contributed by atoms with Crippen LogP contribution in [0.3, 0.4) is 0 Å². The molecule has 1 aliphatic carbocycles. The molecule has 1 saturated carbocycles. The van der Waals surface area contributed by atoms with Crippen LogP contribution in [0, 0.1) is 12.8 Å². The fraction of sp³-hybridized carbons (Fsp3) is 0.545. The second-order valence-corrected chi connectivity index (χ2v) is 4.62. The minimum atomic E-state index is -0.0931. The SMILES string of the molecule is Cc1nn(C)cc1-c1nc(C(N)C2CC2)no1. The van der Waals surface area contributed by atoms with Crippen LogP contribution < -0.4 is 5.73 Å². The molecule has 0 saturated heterocycles. The minimum absolute atomic E-state index is 0.0931. The number of hydrogen-bond acceptors (Lipinski definition) is 5. The lowest BCUT2D eigenvalue weighted by Crippen LogP contribution is -2.13. The van der Waals surface area contributed by atoms with E-state index >= 15 is 0 Å². The fourth-order valence-corrected chi connectivity index (χ4v) is 1.96. The van der Waals surface area contributed by atoms with E-state index in [1.165, 1.54) is 0 Å². The molecule has 0 spiro atoms. The molecular formula is C11H15N5O. The number of aryl methyl sites for hydroxylation is 2. The van der Waals surface area contributed by atoms with E-state index in [1.807, 2.05) is 20.2 Å². The monoisotopic (exact) mass is 233 g/mol. The first-order valence-electron chi connectivity index (χ1n) is 5.75. The topological polar surface area (TPSA) is 82.8 Å². The first-order chi connectivity index (χ1) is 8.15. The molecule has 1 fully saturated rings. The molecule has 0 aromatic carbocycles. The molecule has 2 aromatic rings. The van der Waals surface area contributed by atoms with Gasteiger partial charge in [-0.3, -0.25) is 4.68 Å². The van der Waals surface area contributed by atoms with Gasteiger partial charge in [0.25, 0.3) is 5.89 Å². The Morgan fingerprint density at radius 2 is 2.29 bits per heavy atom. The molecule has 0 radical (unpaired) electrons. The Bertz CT molecular complexity index is 540. The Labute approximate surface area is 98.8 Å². The van der Waals surface area contributed by atoms with E-state index in [1.54, 1.807) is 4.68 Å².